The molecule has 3 rings (SSSR count). The van der Waals surface area contributed by atoms with Crippen LogP contribution in [0.3, 0.4) is 0 Å². The summed E-state index contributed by atoms with van der Waals surface area (Å²) in [6.07, 6.45) is 8.27. The predicted molar refractivity (Wildman–Crippen MR) is 92.7 cm³/mol. The van der Waals surface area contributed by atoms with Crippen LogP contribution in [0, 0.1) is 0 Å². The number of rotatable bonds is 7. The van der Waals surface area contributed by atoms with Crippen molar-refractivity contribution in [3.8, 4) is 0 Å². The molecular formula is C19H27N3O2. The summed E-state index contributed by atoms with van der Waals surface area (Å²) in [6.45, 7) is 1.29. The number of ether oxygens (including phenoxy) is 1. The van der Waals surface area contributed by atoms with E-state index in [1.54, 1.807) is 7.11 Å². The molecule has 2 aromatic heterocycles. The fourth-order valence-electron chi connectivity index (χ4n) is 3.52. The molecule has 5 heteroatoms. The molecular weight excluding hydrogens is 302 g/mol. The first-order valence-electron chi connectivity index (χ1n) is 8.83. The highest BCUT2D eigenvalue weighted by molar-refractivity contribution is 5.13. The second kappa shape index (κ2) is 8.40. The van der Waals surface area contributed by atoms with Gasteiger partial charge in [-0.1, -0.05) is 30.5 Å². The first-order valence-corrected chi connectivity index (χ1v) is 8.83. The van der Waals surface area contributed by atoms with E-state index in [0.717, 1.165) is 17.1 Å². The Morgan fingerprint density at radius 1 is 1.29 bits per heavy atom. The molecule has 130 valence electrons. The molecule has 2 heterocycles. The van der Waals surface area contributed by atoms with Crippen molar-refractivity contribution < 1.29 is 9.26 Å². The Morgan fingerprint density at radius 2 is 2.12 bits per heavy atom. The molecule has 24 heavy (non-hydrogen) atoms. The van der Waals surface area contributed by atoms with Gasteiger partial charge in [0.25, 0.3) is 0 Å². The standard InChI is InChI=1S/C19H27N3O2/c1-22(19(14-23-2)17-10-6-7-11-20-17)13-16-12-18(21-24-16)15-8-4-3-5-9-15/h6-7,10-12,15,19H,3-5,8-9,13-14H2,1-2H3. The number of nitrogens with zero attached hydrogens (tertiary/aromatic N) is 3. The van der Waals surface area contributed by atoms with Crippen molar-refractivity contribution in [2.75, 3.05) is 20.8 Å². The molecule has 0 aliphatic heterocycles. The molecule has 0 aromatic carbocycles. The lowest BCUT2D eigenvalue weighted by Gasteiger charge is -2.26. The molecule has 0 radical (unpaired) electrons. The number of hydrogen-bond acceptors (Lipinski definition) is 5. The van der Waals surface area contributed by atoms with Crippen LogP contribution in [0.4, 0.5) is 0 Å². The van der Waals surface area contributed by atoms with Crippen molar-refractivity contribution >= 4 is 0 Å². The van der Waals surface area contributed by atoms with Crippen LogP contribution in [0.1, 0.15) is 61.2 Å². The molecule has 1 atom stereocenters. The Hall–Kier alpha value is -1.72. The summed E-state index contributed by atoms with van der Waals surface area (Å²) in [6, 6.07) is 8.21. The van der Waals surface area contributed by atoms with E-state index in [-0.39, 0.29) is 6.04 Å². The summed E-state index contributed by atoms with van der Waals surface area (Å²) in [5.41, 5.74) is 2.13. The second-order valence-corrected chi connectivity index (χ2v) is 6.69. The van der Waals surface area contributed by atoms with Gasteiger partial charge >= 0.3 is 0 Å². The van der Waals surface area contributed by atoms with E-state index in [4.69, 9.17) is 9.26 Å². The molecule has 1 fully saturated rings. The van der Waals surface area contributed by atoms with E-state index < -0.39 is 0 Å². The van der Waals surface area contributed by atoms with E-state index >= 15 is 0 Å². The third-order valence-electron chi connectivity index (χ3n) is 4.89. The van der Waals surface area contributed by atoms with E-state index in [1.807, 2.05) is 24.4 Å². The summed E-state index contributed by atoms with van der Waals surface area (Å²) in [7, 11) is 3.79. The van der Waals surface area contributed by atoms with Crippen molar-refractivity contribution in [3.05, 3.63) is 47.6 Å². The predicted octanol–water partition coefficient (Wildman–Crippen LogP) is 3.94. The third-order valence-corrected chi connectivity index (χ3v) is 4.89. The topological polar surface area (TPSA) is 51.4 Å². The van der Waals surface area contributed by atoms with Gasteiger partial charge < -0.3 is 9.26 Å². The summed E-state index contributed by atoms with van der Waals surface area (Å²) in [5.74, 6) is 1.49. The van der Waals surface area contributed by atoms with Crippen LogP contribution in [0.5, 0.6) is 0 Å². The molecule has 1 saturated carbocycles. The average molecular weight is 329 g/mol. The first kappa shape index (κ1) is 17.1. The average Bonchev–Trinajstić information content (AvgIpc) is 3.09. The van der Waals surface area contributed by atoms with Gasteiger partial charge in [-0.2, -0.15) is 0 Å². The zero-order chi connectivity index (χ0) is 16.8. The molecule has 1 unspecified atom stereocenters. The molecule has 0 bridgehead atoms. The van der Waals surface area contributed by atoms with Gasteiger partial charge in [0.05, 0.1) is 30.6 Å². The van der Waals surface area contributed by atoms with Crippen molar-refractivity contribution in [1.82, 2.24) is 15.0 Å². The Balaban J connectivity index is 1.66. The molecule has 1 aliphatic carbocycles. The zero-order valence-corrected chi connectivity index (χ0v) is 14.6. The maximum absolute atomic E-state index is 5.60. The highest BCUT2D eigenvalue weighted by Gasteiger charge is 2.22. The maximum Gasteiger partial charge on any atom is 0.150 e. The summed E-state index contributed by atoms with van der Waals surface area (Å²) in [5, 5.41) is 4.32. The highest BCUT2D eigenvalue weighted by atomic mass is 16.5. The van der Waals surface area contributed by atoms with Crippen LogP contribution in [-0.4, -0.2) is 35.8 Å². The Labute approximate surface area is 144 Å². The van der Waals surface area contributed by atoms with Crippen LogP contribution in [-0.2, 0) is 11.3 Å². The highest BCUT2D eigenvalue weighted by Crippen LogP contribution is 2.32. The smallest absolute Gasteiger partial charge is 0.150 e. The lowest BCUT2D eigenvalue weighted by molar-refractivity contribution is 0.0943. The molecule has 0 amide bonds. The molecule has 0 spiro atoms. The number of aromatic nitrogens is 2. The second-order valence-electron chi connectivity index (χ2n) is 6.69. The van der Waals surface area contributed by atoms with Gasteiger partial charge in [0.1, 0.15) is 0 Å². The summed E-state index contributed by atoms with van der Waals surface area (Å²) < 4.78 is 11.0. The Kier molecular flexibility index (Phi) is 5.99. The molecule has 5 nitrogen and oxygen atoms in total. The zero-order valence-electron chi connectivity index (χ0n) is 14.6. The minimum absolute atomic E-state index is 0.0967. The fourth-order valence-corrected chi connectivity index (χ4v) is 3.52. The Morgan fingerprint density at radius 3 is 2.83 bits per heavy atom. The van der Waals surface area contributed by atoms with Crippen LogP contribution < -0.4 is 0 Å². The van der Waals surface area contributed by atoms with Crippen molar-refractivity contribution in [1.29, 1.82) is 0 Å². The summed E-state index contributed by atoms with van der Waals surface area (Å²) in [4.78, 5) is 6.68. The number of methoxy groups -OCH3 is 1. The normalized spacial score (nSPS) is 17.3. The van der Waals surface area contributed by atoms with Crippen LogP contribution in [0.15, 0.2) is 35.0 Å². The Bertz CT molecular complexity index is 608. The van der Waals surface area contributed by atoms with Gasteiger partial charge in [0.2, 0.25) is 0 Å². The molecule has 0 saturated heterocycles. The van der Waals surface area contributed by atoms with E-state index in [0.29, 0.717) is 19.1 Å². The van der Waals surface area contributed by atoms with E-state index in [9.17, 15) is 0 Å². The number of pyridine rings is 1. The molecule has 0 N–H and O–H groups in total. The third kappa shape index (κ3) is 4.22. The van der Waals surface area contributed by atoms with E-state index in [1.165, 1.54) is 32.1 Å². The number of hydrogen-bond donors (Lipinski definition) is 0. The van der Waals surface area contributed by atoms with Gasteiger partial charge in [-0.3, -0.25) is 9.88 Å². The maximum atomic E-state index is 5.60. The van der Waals surface area contributed by atoms with Gasteiger partial charge in [-0.15, -0.1) is 0 Å². The van der Waals surface area contributed by atoms with Crippen molar-refractivity contribution in [3.63, 3.8) is 0 Å². The van der Waals surface area contributed by atoms with Crippen molar-refractivity contribution in [2.24, 2.45) is 0 Å². The van der Waals surface area contributed by atoms with Crippen molar-refractivity contribution in [2.45, 2.75) is 50.6 Å². The van der Waals surface area contributed by atoms with E-state index in [2.05, 4.69) is 28.2 Å². The SMILES string of the molecule is COCC(c1ccccn1)N(C)Cc1cc(C2CCCCC2)no1. The first-order chi connectivity index (χ1) is 11.8. The molecule has 2 aromatic rings. The quantitative estimate of drug-likeness (QED) is 0.770. The fraction of sp³-hybridized carbons (Fsp3) is 0.579. The van der Waals surface area contributed by atoms with Crippen LogP contribution in [0.25, 0.3) is 0 Å². The van der Waals surface area contributed by atoms with Gasteiger partial charge in [-0.25, -0.2) is 0 Å². The van der Waals surface area contributed by atoms with Gasteiger partial charge in [0.15, 0.2) is 5.76 Å². The number of likely N-dealkylation sites (N-methyl/N-ethyl adjacent to an activating group) is 1. The molecule has 1 aliphatic rings. The van der Waals surface area contributed by atoms with Gasteiger partial charge in [0, 0.05) is 25.3 Å². The minimum Gasteiger partial charge on any atom is -0.383 e. The summed E-state index contributed by atoms with van der Waals surface area (Å²) >= 11 is 0. The lowest BCUT2D eigenvalue weighted by atomic mass is 9.87. The van der Waals surface area contributed by atoms with Crippen LogP contribution >= 0.6 is 0 Å². The minimum atomic E-state index is 0.0967. The van der Waals surface area contributed by atoms with Gasteiger partial charge in [-0.05, 0) is 32.0 Å². The van der Waals surface area contributed by atoms with Crippen LogP contribution in [0.2, 0.25) is 0 Å². The largest absolute Gasteiger partial charge is 0.383 e. The monoisotopic (exact) mass is 329 g/mol. The lowest BCUT2D eigenvalue weighted by Crippen LogP contribution is -2.28.